The third-order valence-corrected chi connectivity index (χ3v) is 10.2. The lowest BCUT2D eigenvalue weighted by Crippen LogP contribution is -2.59. The minimum absolute atomic E-state index is 0.163. The Morgan fingerprint density at radius 1 is 1.12 bits per heavy atom. The van der Waals surface area contributed by atoms with Gasteiger partial charge in [0.2, 0.25) is 11.8 Å². The Morgan fingerprint density at radius 3 is 2.42 bits per heavy atom. The molecule has 3 amide bonds. The van der Waals surface area contributed by atoms with Crippen molar-refractivity contribution in [1.82, 2.24) is 25.8 Å². The van der Waals surface area contributed by atoms with E-state index in [9.17, 15) is 14.4 Å². The van der Waals surface area contributed by atoms with Crippen molar-refractivity contribution in [1.29, 1.82) is 0 Å². The molecule has 10 heteroatoms. The van der Waals surface area contributed by atoms with Crippen LogP contribution in [0.3, 0.4) is 0 Å². The number of aryl methyl sites for hydroxylation is 1. The summed E-state index contributed by atoms with van der Waals surface area (Å²) >= 11 is 1.61. The molecule has 43 heavy (non-hydrogen) atoms. The van der Waals surface area contributed by atoms with E-state index in [-0.39, 0.29) is 23.8 Å². The third kappa shape index (κ3) is 7.29. The van der Waals surface area contributed by atoms with E-state index in [0.29, 0.717) is 38.3 Å². The number of nitrogens with zero attached hydrogens (tertiary/aromatic N) is 2. The number of hydrogen-bond donors (Lipinski definition) is 3. The van der Waals surface area contributed by atoms with Crippen molar-refractivity contribution in [2.24, 2.45) is 11.3 Å². The van der Waals surface area contributed by atoms with E-state index >= 15 is 0 Å². The van der Waals surface area contributed by atoms with Crippen molar-refractivity contribution < 1.29 is 19.1 Å². The van der Waals surface area contributed by atoms with Gasteiger partial charge in [-0.05, 0) is 87.9 Å². The molecule has 2 aliphatic heterocycles. The van der Waals surface area contributed by atoms with Crippen LogP contribution in [0.5, 0.6) is 0 Å². The van der Waals surface area contributed by atoms with Gasteiger partial charge < -0.3 is 25.6 Å². The SMILES string of the molecule is Cc1ncsc1-c1ccc([C@H](C)NC(=O)[C@@H]2CCCN2C(=O)[C@@H](NC(=O)C2(OCC3CCNCC3)CC2)C(C)(C)C)cc1. The van der Waals surface area contributed by atoms with Gasteiger partial charge in [-0.25, -0.2) is 4.98 Å². The third-order valence-electron chi connectivity index (χ3n) is 9.18. The maximum atomic E-state index is 14.0. The number of piperidine rings is 1. The predicted octanol–water partition coefficient (Wildman–Crippen LogP) is 4.37. The van der Waals surface area contributed by atoms with Gasteiger partial charge in [-0.2, -0.15) is 0 Å². The fraction of sp³-hybridized carbons (Fsp3) is 0.636. The highest BCUT2D eigenvalue weighted by Gasteiger charge is 2.53. The molecule has 3 N–H and O–H groups in total. The van der Waals surface area contributed by atoms with Crippen LogP contribution in [0.25, 0.3) is 10.4 Å². The summed E-state index contributed by atoms with van der Waals surface area (Å²) in [5.41, 5.74) is 3.59. The first-order chi connectivity index (χ1) is 20.5. The van der Waals surface area contributed by atoms with Gasteiger partial charge in [0.15, 0.2) is 0 Å². The van der Waals surface area contributed by atoms with Gasteiger partial charge >= 0.3 is 0 Å². The molecule has 1 aromatic carbocycles. The van der Waals surface area contributed by atoms with Crippen molar-refractivity contribution in [3.05, 3.63) is 41.0 Å². The summed E-state index contributed by atoms with van der Waals surface area (Å²) in [7, 11) is 0. The zero-order chi connectivity index (χ0) is 30.8. The maximum absolute atomic E-state index is 14.0. The molecule has 1 aromatic heterocycles. The monoisotopic (exact) mass is 609 g/mol. The molecule has 3 aliphatic rings. The summed E-state index contributed by atoms with van der Waals surface area (Å²) in [6.45, 7) is 12.9. The number of ether oxygens (including phenoxy) is 1. The molecule has 3 fully saturated rings. The number of benzene rings is 1. The molecule has 0 radical (unpaired) electrons. The summed E-state index contributed by atoms with van der Waals surface area (Å²) in [6.07, 6.45) is 4.79. The van der Waals surface area contributed by atoms with Crippen LogP contribution in [-0.4, -0.2) is 71.5 Å². The first-order valence-electron chi connectivity index (χ1n) is 15.8. The van der Waals surface area contributed by atoms with Crippen molar-refractivity contribution in [3.8, 4) is 10.4 Å². The Balaban J connectivity index is 1.21. The molecule has 3 atom stereocenters. The van der Waals surface area contributed by atoms with Gasteiger partial charge in [0.25, 0.3) is 5.91 Å². The van der Waals surface area contributed by atoms with Gasteiger partial charge in [-0.1, -0.05) is 45.0 Å². The highest BCUT2D eigenvalue weighted by Crippen LogP contribution is 2.41. The Labute approximate surface area is 259 Å². The number of carbonyl (C=O) groups is 3. The second kappa shape index (κ2) is 13.0. The Bertz CT molecular complexity index is 1290. The van der Waals surface area contributed by atoms with E-state index in [1.54, 1.807) is 16.2 Å². The van der Waals surface area contributed by atoms with Gasteiger partial charge in [0.05, 0.1) is 28.7 Å². The van der Waals surface area contributed by atoms with Gasteiger partial charge in [0, 0.05) is 6.54 Å². The number of amides is 3. The molecule has 1 aliphatic carbocycles. The Morgan fingerprint density at radius 2 is 1.81 bits per heavy atom. The average Bonchev–Trinajstić information content (AvgIpc) is 3.39. The van der Waals surface area contributed by atoms with Crippen molar-refractivity contribution in [2.45, 2.75) is 96.9 Å². The summed E-state index contributed by atoms with van der Waals surface area (Å²) in [5, 5.41) is 9.57. The normalized spacial score (nSPS) is 21.7. The zero-order valence-corrected chi connectivity index (χ0v) is 27.0. The molecule has 1 saturated carbocycles. The van der Waals surface area contributed by atoms with E-state index in [1.165, 1.54) is 0 Å². The summed E-state index contributed by atoms with van der Waals surface area (Å²) in [4.78, 5) is 48.2. The quantitative estimate of drug-likeness (QED) is 0.369. The topological polar surface area (TPSA) is 113 Å². The van der Waals surface area contributed by atoms with Crippen molar-refractivity contribution in [2.75, 3.05) is 26.2 Å². The molecule has 2 saturated heterocycles. The van der Waals surface area contributed by atoms with Crippen LogP contribution < -0.4 is 16.0 Å². The average molecular weight is 610 g/mol. The first kappa shape index (κ1) is 31.6. The van der Waals surface area contributed by atoms with Gasteiger partial charge in [-0.15, -0.1) is 11.3 Å². The van der Waals surface area contributed by atoms with Gasteiger partial charge in [0.1, 0.15) is 17.7 Å². The number of likely N-dealkylation sites (tertiary alicyclic amines) is 1. The van der Waals surface area contributed by atoms with E-state index in [0.717, 1.165) is 54.0 Å². The van der Waals surface area contributed by atoms with Gasteiger partial charge in [-0.3, -0.25) is 14.4 Å². The number of nitrogens with one attached hydrogen (secondary N) is 3. The first-order valence-corrected chi connectivity index (χ1v) is 16.6. The van der Waals surface area contributed by atoms with Crippen LogP contribution in [-0.2, 0) is 19.1 Å². The number of hydrogen-bond acceptors (Lipinski definition) is 7. The predicted molar refractivity (Wildman–Crippen MR) is 168 cm³/mol. The molecule has 0 spiro atoms. The number of carbonyl (C=O) groups excluding carboxylic acids is 3. The maximum Gasteiger partial charge on any atom is 0.252 e. The molecular weight excluding hydrogens is 562 g/mol. The van der Waals surface area contributed by atoms with E-state index in [4.69, 9.17) is 4.74 Å². The van der Waals surface area contributed by atoms with Crippen molar-refractivity contribution in [3.63, 3.8) is 0 Å². The van der Waals surface area contributed by atoms with Crippen molar-refractivity contribution >= 4 is 29.1 Å². The van der Waals surface area contributed by atoms with E-state index in [2.05, 4.69) is 33.1 Å². The molecule has 2 aromatic rings. The lowest BCUT2D eigenvalue weighted by atomic mass is 9.85. The molecule has 5 rings (SSSR count). The van der Waals surface area contributed by atoms with Crippen LogP contribution in [0.15, 0.2) is 29.8 Å². The summed E-state index contributed by atoms with van der Waals surface area (Å²) in [6, 6.07) is 6.64. The largest absolute Gasteiger partial charge is 0.365 e. The minimum Gasteiger partial charge on any atom is -0.365 e. The second-order valence-electron chi connectivity index (χ2n) is 13.6. The molecule has 9 nitrogen and oxygen atoms in total. The number of aromatic nitrogens is 1. The van der Waals surface area contributed by atoms with Crippen LogP contribution in [0.2, 0.25) is 0 Å². The molecular formula is C33H47N5O4S. The van der Waals surface area contributed by atoms with Crippen LogP contribution in [0.1, 0.15) is 83.5 Å². The summed E-state index contributed by atoms with van der Waals surface area (Å²) in [5.74, 6) is -0.118. The molecule has 0 unspecified atom stereocenters. The van der Waals surface area contributed by atoms with Crippen LogP contribution in [0.4, 0.5) is 0 Å². The zero-order valence-electron chi connectivity index (χ0n) is 26.2. The number of thiazole rings is 1. The van der Waals surface area contributed by atoms with Crippen LogP contribution in [0, 0.1) is 18.3 Å². The Kier molecular flexibility index (Phi) is 9.58. The van der Waals surface area contributed by atoms with Crippen LogP contribution >= 0.6 is 11.3 Å². The highest BCUT2D eigenvalue weighted by molar-refractivity contribution is 7.13. The highest BCUT2D eigenvalue weighted by atomic mass is 32.1. The Hall–Kier alpha value is -2.82. The fourth-order valence-electron chi connectivity index (χ4n) is 6.15. The lowest BCUT2D eigenvalue weighted by molar-refractivity contribution is -0.147. The lowest BCUT2D eigenvalue weighted by Gasteiger charge is -2.36. The fourth-order valence-corrected chi connectivity index (χ4v) is 6.96. The minimum atomic E-state index is -0.833. The second-order valence-corrected chi connectivity index (χ2v) is 14.4. The number of rotatable bonds is 10. The molecule has 234 valence electrons. The molecule has 0 bridgehead atoms. The molecule has 3 heterocycles. The van der Waals surface area contributed by atoms with E-state index < -0.39 is 23.1 Å². The summed E-state index contributed by atoms with van der Waals surface area (Å²) < 4.78 is 6.21. The smallest absolute Gasteiger partial charge is 0.252 e. The van der Waals surface area contributed by atoms with E-state index in [1.807, 2.05) is 52.3 Å². The standard InChI is InChI=1S/C33H47N5O4S/c1-21(24-8-10-25(11-9-24)27-22(2)35-20-43-27)36-29(39)26-7-6-18-38(26)30(40)28(32(3,4)5)37-31(41)33(14-15-33)42-19-23-12-16-34-17-13-23/h8-11,20-21,23,26,28,34H,6-7,12-19H2,1-5H3,(H,36,39)(H,37,41)/t21-,26-,28+/m0/s1.